The second-order valence-corrected chi connectivity index (χ2v) is 6.17. The summed E-state index contributed by atoms with van der Waals surface area (Å²) in [6, 6.07) is 7.40. The molecule has 0 spiro atoms. The monoisotopic (exact) mass is 262 g/mol. The number of nitrogens with two attached hydrogens (primary N) is 1. The van der Waals surface area contributed by atoms with Gasteiger partial charge in [-0.3, -0.25) is 4.79 Å². The minimum absolute atomic E-state index is 0.00389. The van der Waals surface area contributed by atoms with Crippen molar-refractivity contribution in [2.75, 3.05) is 6.61 Å². The zero-order chi connectivity index (χ0) is 14.0. The van der Waals surface area contributed by atoms with Crippen molar-refractivity contribution in [1.29, 1.82) is 0 Å². The Kier molecular flexibility index (Phi) is 3.80. The molecular weight excluding hydrogens is 240 g/mol. The number of nitrogens with one attached hydrogen (secondary N) is 1. The molecule has 4 heteroatoms. The van der Waals surface area contributed by atoms with Crippen LogP contribution in [0, 0.1) is 5.41 Å². The molecule has 3 N–H and O–H groups in total. The number of rotatable bonds is 2. The van der Waals surface area contributed by atoms with Crippen LogP contribution in [0.15, 0.2) is 24.3 Å². The number of hydrogen-bond donors (Lipinski definition) is 2. The van der Waals surface area contributed by atoms with Gasteiger partial charge in [-0.2, -0.15) is 0 Å². The van der Waals surface area contributed by atoms with E-state index in [4.69, 9.17) is 10.5 Å². The van der Waals surface area contributed by atoms with Crippen LogP contribution in [0.2, 0.25) is 0 Å². The molecule has 2 rings (SSSR count). The molecule has 2 atom stereocenters. The van der Waals surface area contributed by atoms with Crippen molar-refractivity contribution in [3.05, 3.63) is 29.8 Å². The van der Waals surface area contributed by atoms with Gasteiger partial charge in [0.15, 0.2) is 0 Å². The summed E-state index contributed by atoms with van der Waals surface area (Å²) in [5, 5.41) is 2.98. The van der Waals surface area contributed by atoms with Gasteiger partial charge >= 0.3 is 0 Å². The van der Waals surface area contributed by atoms with Gasteiger partial charge in [0, 0.05) is 0 Å². The van der Waals surface area contributed by atoms with E-state index in [9.17, 15) is 4.79 Å². The second kappa shape index (κ2) is 5.21. The Balaban J connectivity index is 1.98. The lowest BCUT2D eigenvalue weighted by Gasteiger charge is -2.30. The van der Waals surface area contributed by atoms with Crippen LogP contribution in [0.5, 0.6) is 5.75 Å². The number of para-hydroxylation sites is 1. The third kappa shape index (κ3) is 3.26. The Labute approximate surface area is 114 Å². The molecule has 1 aromatic carbocycles. The van der Waals surface area contributed by atoms with Crippen LogP contribution in [0.4, 0.5) is 0 Å². The van der Waals surface area contributed by atoms with Crippen LogP contribution in [0.3, 0.4) is 0 Å². The van der Waals surface area contributed by atoms with E-state index >= 15 is 0 Å². The van der Waals surface area contributed by atoms with E-state index in [-0.39, 0.29) is 17.4 Å². The number of amides is 1. The SMILES string of the molecule is CC(C)(C)[C@H](N)C(=O)NC1COc2ccccc2C1. The zero-order valence-electron chi connectivity index (χ0n) is 11.8. The number of carbonyl (C=O) groups excluding carboxylic acids is 1. The molecule has 1 aliphatic rings. The maximum Gasteiger partial charge on any atom is 0.237 e. The van der Waals surface area contributed by atoms with Crippen molar-refractivity contribution in [1.82, 2.24) is 5.32 Å². The van der Waals surface area contributed by atoms with Crippen molar-refractivity contribution >= 4 is 5.91 Å². The molecule has 0 radical (unpaired) electrons. The van der Waals surface area contributed by atoms with Gasteiger partial charge < -0.3 is 15.8 Å². The van der Waals surface area contributed by atoms with Crippen LogP contribution in [0.1, 0.15) is 26.3 Å². The smallest absolute Gasteiger partial charge is 0.237 e. The molecule has 0 aliphatic carbocycles. The molecule has 19 heavy (non-hydrogen) atoms. The second-order valence-electron chi connectivity index (χ2n) is 6.17. The number of fused-ring (bicyclic) bond motifs is 1. The van der Waals surface area contributed by atoms with Gasteiger partial charge in [-0.1, -0.05) is 39.0 Å². The molecule has 1 amide bonds. The van der Waals surface area contributed by atoms with E-state index in [0.29, 0.717) is 6.61 Å². The molecule has 0 fully saturated rings. The molecule has 1 aliphatic heterocycles. The molecule has 4 nitrogen and oxygen atoms in total. The van der Waals surface area contributed by atoms with E-state index in [1.807, 2.05) is 45.0 Å². The highest BCUT2D eigenvalue weighted by molar-refractivity contribution is 5.82. The van der Waals surface area contributed by atoms with E-state index in [1.165, 1.54) is 0 Å². The molecular formula is C15H22N2O2. The van der Waals surface area contributed by atoms with Crippen LogP contribution in [-0.2, 0) is 11.2 Å². The Morgan fingerprint density at radius 2 is 2.11 bits per heavy atom. The minimum atomic E-state index is -0.510. The van der Waals surface area contributed by atoms with Crippen molar-refractivity contribution in [3.8, 4) is 5.75 Å². The zero-order valence-corrected chi connectivity index (χ0v) is 11.8. The summed E-state index contributed by atoms with van der Waals surface area (Å²) in [7, 11) is 0. The predicted octanol–water partition coefficient (Wildman–Crippen LogP) is 1.48. The first-order chi connectivity index (χ1) is 8.88. The molecule has 1 heterocycles. The van der Waals surface area contributed by atoms with Gasteiger partial charge in [-0.05, 0) is 23.5 Å². The maximum atomic E-state index is 12.1. The quantitative estimate of drug-likeness (QED) is 0.848. The van der Waals surface area contributed by atoms with E-state index in [1.54, 1.807) is 0 Å². The first-order valence-corrected chi connectivity index (χ1v) is 6.64. The summed E-state index contributed by atoms with van der Waals surface area (Å²) in [6.07, 6.45) is 0.790. The third-order valence-corrected chi connectivity index (χ3v) is 3.44. The topological polar surface area (TPSA) is 64.4 Å². The van der Waals surface area contributed by atoms with Crippen molar-refractivity contribution < 1.29 is 9.53 Å². The normalized spacial score (nSPS) is 20.1. The largest absolute Gasteiger partial charge is 0.491 e. The third-order valence-electron chi connectivity index (χ3n) is 3.44. The first-order valence-electron chi connectivity index (χ1n) is 6.64. The molecule has 1 aromatic rings. The molecule has 104 valence electrons. The predicted molar refractivity (Wildman–Crippen MR) is 75.0 cm³/mol. The van der Waals surface area contributed by atoms with Crippen molar-refractivity contribution in [2.24, 2.45) is 11.1 Å². The Morgan fingerprint density at radius 1 is 1.42 bits per heavy atom. The fourth-order valence-electron chi connectivity index (χ4n) is 2.10. The standard InChI is InChI=1S/C15H22N2O2/c1-15(2,3)13(16)14(18)17-11-8-10-6-4-5-7-12(10)19-9-11/h4-7,11,13H,8-9,16H2,1-3H3,(H,17,18)/t11?,13-/m1/s1. The maximum absolute atomic E-state index is 12.1. The summed E-state index contributed by atoms with van der Waals surface area (Å²) in [6.45, 7) is 6.39. The van der Waals surface area contributed by atoms with Gasteiger partial charge in [-0.25, -0.2) is 0 Å². The van der Waals surface area contributed by atoms with Gasteiger partial charge in [0.25, 0.3) is 0 Å². The first kappa shape index (κ1) is 13.9. The lowest BCUT2D eigenvalue weighted by Crippen LogP contribution is -2.53. The van der Waals surface area contributed by atoms with E-state index in [2.05, 4.69) is 5.32 Å². The molecule has 0 aromatic heterocycles. The average Bonchev–Trinajstić information content (AvgIpc) is 2.36. The number of ether oxygens (including phenoxy) is 1. The fourth-order valence-corrected chi connectivity index (χ4v) is 2.10. The van der Waals surface area contributed by atoms with Crippen LogP contribution >= 0.6 is 0 Å². The number of benzene rings is 1. The Hall–Kier alpha value is -1.55. The lowest BCUT2D eigenvalue weighted by atomic mass is 9.86. The van der Waals surface area contributed by atoms with Gasteiger partial charge in [0.2, 0.25) is 5.91 Å². The van der Waals surface area contributed by atoms with Crippen molar-refractivity contribution in [3.63, 3.8) is 0 Å². The number of hydrogen-bond acceptors (Lipinski definition) is 3. The summed E-state index contributed by atoms with van der Waals surface area (Å²) < 4.78 is 5.65. The highest BCUT2D eigenvalue weighted by atomic mass is 16.5. The fraction of sp³-hybridized carbons (Fsp3) is 0.533. The van der Waals surface area contributed by atoms with Crippen LogP contribution < -0.4 is 15.8 Å². The van der Waals surface area contributed by atoms with Crippen LogP contribution in [-0.4, -0.2) is 24.6 Å². The average molecular weight is 262 g/mol. The van der Waals surface area contributed by atoms with Gasteiger partial charge in [0.05, 0.1) is 12.1 Å². The Morgan fingerprint density at radius 3 is 2.79 bits per heavy atom. The lowest BCUT2D eigenvalue weighted by molar-refractivity contribution is -0.125. The summed E-state index contributed by atoms with van der Waals surface area (Å²) in [5.74, 6) is 0.800. The summed E-state index contributed by atoms with van der Waals surface area (Å²) in [5.41, 5.74) is 6.84. The summed E-state index contributed by atoms with van der Waals surface area (Å²) >= 11 is 0. The minimum Gasteiger partial charge on any atom is -0.491 e. The summed E-state index contributed by atoms with van der Waals surface area (Å²) in [4.78, 5) is 12.1. The number of carbonyl (C=O) groups is 1. The van der Waals surface area contributed by atoms with Gasteiger partial charge in [0.1, 0.15) is 12.4 Å². The molecule has 0 saturated heterocycles. The molecule has 1 unspecified atom stereocenters. The van der Waals surface area contributed by atoms with Gasteiger partial charge in [-0.15, -0.1) is 0 Å². The van der Waals surface area contributed by atoms with E-state index < -0.39 is 6.04 Å². The molecule has 0 bridgehead atoms. The highest BCUT2D eigenvalue weighted by Crippen LogP contribution is 2.24. The van der Waals surface area contributed by atoms with Crippen molar-refractivity contribution in [2.45, 2.75) is 39.3 Å². The molecule has 0 saturated carbocycles. The van der Waals surface area contributed by atoms with E-state index in [0.717, 1.165) is 17.7 Å². The highest BCUT2D eigenvalue weighted by Gasteiger charge is 2.30. The van der Waals surface area contributed by atoms with Crippen LogP contribution in [0.25, 0.3) is 0 Å². The Bertz CT molecular complexity index is 465.